The zero-order chi connectivity index (χ0) is 21.3. The molecule has 4 aliphatic rings. The maximum Gasteiger partial charge on any atom is 0.257 e. The van der Waals surface area contributed by atoms with Crippen LogP contribution < -0.4 is 0 Å². The number of phenolic OH excluding ortho intramolecular Hbond substituents is 1. The van der Waals surface area contributed by atoms with Crippen LogP contribution in [-0.4, -0.2) is 38.8 Å². The molecule has 1 fully saturated rings. The second-order valence-corrected chi connectivity index (χ2v) is 8.83. The van der Waals surface area contributed by atoms with Crippen molar-refractivity contribution in [1.29, 1.82) is 0 Å². The first-order valence-electron chi connectivity index (χ1n) is 9.54. The van der Waals surface area contributed by atoms with E-state index in [1.54, 1.807) is 12.1 Å². The topological polar surface area (TPSA) is 112 Å². The van der Waals surface area contributed by atoms with E-state index in [0.717, 1.165) is 5.57 Å². The highest BCUT2D eigenvalue weighted by Gasteiger charge is 2.56. The van der Waals surface area contributed by atoms with Crippen LogP contribution in [0.4, 0.5) is 0 Å². The minimum atomic E-state index is -0.774. The van der Waals surface area contributed by atoms with Gasteiger partial charge in [-0.25, -0.2) is 0 Å². The zero-order valence-electron chi connectivity index (χ0n) is 15.5. The molecule has 4 unspecified atom stereocenters. The van der Waals surface area contributed by atoms with Crippen LogP contribution in [0, 0.1) is 17.8 Å². The fourth-order valence-corrected chi connectivity index (χ4v) is 5.68. The number of ketones is 2. The van der Waals surface area contributed by atoms with Crippen molar-refractivity contribution in [2.45, 2.75) is 18.8 Å². The molecule has 4 atom stereocenters. The summed E-state index contributed by atoms with van der Waals surface area (Å²) < 4.78 is 0.160. The third kappa shape index (κ3) is 2.53. The van der Waals surface area contributed by atoms with Gasteiger partial charge in [0.2, 0.25) is 0 Å². The second kappa shape index (κ2) is 6.58. The molecule has 0 bridgehead atoms. The smallest absolute Gasteiger partial charge is 0.257 e. The van der Waals surface area contributed by atoms with Gasteiger partial charge in [-0.05, 0) is 52.4 Å². The van der Waals surface area contributed by atoms with E-state index in [0.29, 0.717) is 16.7 Å². The number of carbonyl (C=O) groups is 4. The van der Waals surface area contributed by atoms with Gasteiger partial charge >= 0.3 is 0 Å². The molecule has 8 heteroatoms. The lowest BCUT2D eigenvalue weighted by molar-refractivity contribution is -0.173. The van der Waals surface area contributed by atoms with Crippen LogP contribution in [0.2, 0.25) is 0 Å². The molecule has 7 nitrogen and oxygen atoms in total. The largest absolute Gasteiger partial charge is 0.508 e. The Morgan fingerprint density at radius 3 is 2.40 bits per heavy atom. The van der Waals surface area contributed by atoms with Crippen molar-refractivity contribution >= 4 is 39.3 Å². The molecule has 3 aliphatic carbocycles. The molecule has 2 amide bonds. The van der Waals surface area contributed by atoms with Crippen molar-refractivity contribution < 1.29 is 29.5 Å². The number of hydrogen-bond acceptors (Lipinski definition) is 6. The first-order valence-corrected chi connectivity index (χ1v) is 10.3. The average molecular weight is 470 g/mol. The van der Waals surface area contributed by atoms with Gasteiger partial charge < -0.3 is 5.11 Å². The third-order valence-corrected chi connectivity index (χ3v) is 7.12. The number of amides is 2. The van der Waals surface area contributed by atoms with Crippen LogP contribution in [0.5, 0.6) is 5.75 Å². The lowest BCUT2D eigenvalue weighted by Crippen LogP contribution is -2.39. The molecular weight excluding hydrogens is 454 g/mol. The Kier molecular flexibility index (Phi) is 4.20. The summed E-state index contributed by atoms with van der Waals surface area (Å²) >= 11 is 3.16. The van der Waals surface area contributed by atoms with E-state index < -0.39 is 35.5 Å². The molecule has 1 saturated heterocycles. The van der Waals surface area contributed by atoms with Gasteiger partial charge in [-0.15, -0.1) is 0 Å². The average Bonchev–Trinajstić information content (AvgIpc) is 2.95. The molecule has 5 rings (SSSR count). The summed E-state index contributed by atoms with van der Waals surface area (Å²) in [6.07, 6.45) is 3.55. The van der Waals surface area contributed by atoms with Gasteiger partial charge in [-0.1, -0.05) is 23.8 Å². The lowest BCUT2D eigenvalue weighted by atomic mass is 9.59. The van der Waals surface area contributed by atoms with Crippen molar-refractivity contribution in [3.05, 3.63) is 63.2 Å². The molecular formula is C22H16BrNO6. The van der Waals surface area contributed by atoms with Crippen LogP contribution in [0.1, 0.15) is 24.3 Å². The summed E-state index contributed by atoms with van der Waals surface area (Å²) in [4.78, 5) is 50.8. The Morgan fingerprint density at radius 1 is 1.00 bits per heavy atom. The Hall–Kier alpha value is -2.84. The second-order valence-electron chi connectivity index (χ2n) is 7.97. The van der Waals surface area contributed by atoms with E-state index >= 15 is 0 Å². The van der Waals surface area contributed by atoms with E-state index in [-0.39, 0.29) is 39.7 Å². The standard InChI is InChI=1S/C22H16BrNO6/c23-15-8-16(26)19-14(20(15)27)7-13-11(17(19)9-1-3-10(25)4-2-9)5-6-12-18(13)22(29)24(30)21(12)28/h1-5,8,12-13,17-18,25,30H,6-7H2. The van der Waals surface area contributed by atoms with Crippen molar-refractivity contribution in [3.8, 4) is 5.75 Å². The minimum Gasteiger partial charge on any atom is -0.508 e. The molecule has 1 heterocycles. The maximum absolute atomic E-state index is 12.9. The SMILES string of the molecule is O=C1C=C(Br)C(=O)C2=C1C(c1ccc(O)cc1)C1=CCC3C(=O)N(O)C(=O)C3C1C2. The number of benzene rings is 1. The summed E-state index contributed by atoms with van der Waals surface area (Å²) in [6.45, 7) is 0. The summed E-state index contributed by atoms with van der Waals surface area (Å²) in [5.74, 6) is -4.32. The molecule has 0 saturated carbocycles. The van der Waals surface area contributed by atoms with Gasteiger partial charge in [-0.2, -0.15) is 5.06 Å². The number of aromatic hydroxyl groups is 1. The first-order chi connectivity index (χ1) is 14.3. The van der Waals surface area contributed by atoms with Crippen LogP contribution in [0.3, 0.4) is 0 Å². The molecule has 1 aliphatic heterocycles. The number of Topliss-reactive ketones (excluding diaryl/α,β-unsaturated/α-hetero) is 1. The van der Waals surface area contributed by atoms with Gasteiger partial charge in [0.25, 0.3) is 11.8 Å². The van der Waals surface area contributed by atoms with E-state index in [9.17, 15) is 29.5 Å². The van der Waals surface area contributed by atoms with Gasteiger partial charge in [-0.3, -0.25) is 24.4 Å². The molecule has 1 aromatic carbocycles. The Morgan fingerprint density at radius 2 is 1.70 bits per heavy atom. The number of hydrogen-bond donors (Lipinski definition) is 2. The Balaban J connectivity index is 1.71. The number of carbonyl (C=O) groups excluding carboxylic acids is 4. The summed E-state index contributed by atoms with van der Waals surface area (Å²) in [6, 6.07) is 6.38. The highest BCUT2D eigenvalue weighted by molar-refractivity contribution is 9.12. The number of fused-ring (bicyclic) bond motifs is 3. The van der Waals surface area contributed by atoms with Crippen LogP contribution >= 0.6 is 15.9 Å². The van der Waals surface area contributed by atoms with Crippen LogP contribution in [0.25, 0.3) is 0 Å². The molecule has 0 radical (unpaired) electrons. The van der Waals surface area contributed by atoms with E-state index in [1.807, 2.05) is 6.08 Å². The molecule has 152 valence electrons. The molecule has 0 aromatic heterocycles. The summed E-state index contributed by atoms with van der Waals surface area (Å²) in [7, 11) is 0. The highest BCUT2D eigenvalue weighted by atomic mass is 79.9. The number of rotatable bonds is 1. The number of halogens is 1. The normalized spacial score (nSPS) is 30.7. The fraction of sp³-hybridized carbons (Fsp3) is 0.273. The number of phenols is 1. The zero-order valence-corrected chi connectivity index (χ0v) is 17.1. The van der Waals surface area contributed by atoms with Crippen molar-refractivity contribution in [2.24, 2.45) is 17.8 Å². The number of nitrogens with zero attached hydrogens (tertiary/aromatic N) is 1. The van der Waals surface area contributed by atoms with E-state index in [1.165, 1.54) is 18.2 Å². The van der Waals surface area contributed by atoms with Crippen molar-refractivity contribution in [1.82, 2.24) is 5.06 Å². The molecule has 30 heavy (non-hydrogen) atoms. The minimum absolute atomic E-state index is 0.0687. The summed E-state index contributed by atoms with van der Waals surface area (Å²) in [5.41, 5.74) is 2.20. The monoisotopic (exact) mass is 469 g/mol. The molecule has 2 N–H and O–H groups in total. The van der Waals surface area contributed by atoms with Crippen molar-refractivity contribution in [3.63, 3.8) is 0 Å². The quantitative estimate of drug-likeness (QED) is 0.283. The maximum atomic E-state index is 12.9. The van der Waals surface area contributed by atoms with E-state index in [4.69, 9.17) is 0 Å². The summed E-state index contributed by atoms with van der Waals surface area (Å²) in [5, 5.41) is 19.8. The predicted octanol–water partition coefficient (Wildman–Crippen LogP) is 2.54. The fourth-order valence-electron chi connectivity index (χ4n) is 5.24. The van der Waals surface area contributed by atoms with Crippen LogP contribution in [0.15, 0.2) is 57.6 Å². The third-order valence-electron chi connectivity index (χ3n) is 6.53. The van der Waals surface area contributed by atoms with Crippen molar-refractivity contribution in [2.75, 3.05) is 0 Å². The van der Waals surface area contributed by atoms with Gasteiger partial charge in [0.15, 0.2) is 11.6 Å². The number of hydroxylamine groups is 2. The first kappa shape index (κ1) is 19.1. The van der Waals surface area contributed by atoms with Crippen LogP contribution in [-0.2, 0) is 19.2 Å². The molecule has 0 spiro atoms. The Bertz CT molecular complexity index is 1130. The molecule has 1 aromatic rings. The Labute approximate surface area is 179 Å². The lowest BCUT2D eigenvalue weighted by Gasteiger charge is -2.42. The van der Waals surface area contributed by atoms with Gasteiger partial charge in [0.05, 0.1) is 16.3 Å². The van der Waals surface area contributed by atoms with Gasteiger partial charge in [0, 0.05) is 23.1 Å². The number of allylic oxidation sites excluding steroid dienone is 6. The van der Waals surface area contributed by atoms with Gasteiger partial charge in [0.1, 0.15) is 5.75 Å². The number of imide groups is 1. The van der Waals surface area contributed by atoms with E-state index in [2.05, 4.69) is 15.9 Å². The predicted molar refractivity (Wildman–Crippen MR) is 106 cm³/mol. The highest BCUT2D eigenvalue weighted by Crippen LogP contribution is 2.55.